The minimum atomic E-state index is -0.472. The van der Waals surface area contributed by atoms with Gasteiger partial charge >= 0.3 is 0 Å². The molecule has 0 atom stereocenters. The largest absolute Gasteiger partial charge is 0.366 e. The minimum absolute atomic E-state index is 0.131. The number of hydrogen-bond acceptors (Lipinski definition) is 6. The zero-order valence-electron chi connectivity index (χ0n) is 15.1. The number of carbonyl (C=O) groups excluding carboxylic acids is 2. The number of nitrogens with zero attached hydrogens (tertiary/aromatic N) is 4. The summed E-state index contributed by atoms with van der Waals surface area (Å²) in [4.78, 5) is 27.8. The van der Waals surface area contributed by atoms with E-state index in [0.29, 0.717) is 30.0 Å². The molecule has 0 radical (unpaired) electrons. The number of anilines is 2. The summed E-state index contributed by atoms with van der Waals surface area (Å²) in [5.41, 5.74) is 1.63. The van der Waals surface area contributed by atoms with Crippen molar-refractivity contribution < 1.29 is 14.0 Å². The molecule has 0 aliphatic carbocycles. The van der Waals surface area contributed by atoms with Crippen molar-refractivity contribution in [1.29, 1.82) is 5.26 Å². The molecule has 1 aromatic carbocycles. The van der Waals surface area contributed by atoms with Crippen molar-refractivity contribution in [3.05, 3.63) is 53.5 Å². The number of halogens is 1. The summed E-state index contributed by atoms with van der Waals surface area (Å²) in [5, 5.41) is 19.7. The highest BCUT2D eigenvalue weighted by atomic mass is 19.1. The van der Waals surface area contributed by atoms with Crippen LogP contribution in [0.1, 0.15) is 24.0 Å². The maximum absolute atomic E-state index is 13.4. The van der Waals surface area contributed by atoms with E-state index in [-0.39, 0.29) is 29.5 Å². The lowest BCUT2D eigenvalue weighted by atomic mass is 10.1. The molecule has 0 bridgehead atoms. The normalized spacial score (nSPS) is 13.5. The Morgan fingerprint density at radius 2 is 2.14 bits per heavy atom. The van der Waals surface area contributed by atoms with E-state index in [2.05, 4.69) is 20.7 Å². The van der Waals surface area contributed by atoms with E-state index in [9.17, 15) is 14.0 Å². The molecule has 0 unspecified atom stereocenters. The quantitative estimate of drug-likeness (QED) is 0.827. The van der Waals surface area contributed by atoms with Gasteiger partial charge in [-0.3, -0.25) is 9.59 Å². The molecule has 142 valence electrons. The second-order valence-electron chi connectivity index (χ2n) is 6.16. The molecule has 8 nitrogen and oxygen atoms in total. The average molecular weight is 380 g/mol. The van der Waals surface area contributed by atoms with Crippen molar-refractivity contribution in [2.45, 2.75) is 19.4 Å². The third-order valence-corrected chi connectivity index (χ3v) is 4.05. The third kappa shape index (κ3) is 4.67. The maximum atomic E-state index is 13.4. The molecule has 2 aromatic rings. The predicted octanol–water partition coefficient (Wildman–Crippen LogP) is 2.25. The summed E-state index contributed by atoms with van der Waals surface area (Å²) < 4.78 is 13.4. The maximum Gasteiger partial charge on any atom is 0.271 e. The number of rotatable bonds is 5. The molecular weight excluding hydrogens is 363 g/mol. The summed E-state index contributed by atoms with van der Waals surface area (Å²) in [7, 11) is 1.51. The molecule has 9 heteroatoms. The molecule has 2 heterocycles. The molecule has 1 aliphatic rings. The Morgan fingerprint density at radius 1 is 1.32 bits per heavy atom. The summed E-state index contributed by atoms with van der Waals surface area (Å²) in [6.07, 6.45) is 2.02. The summed E-state index contributed by atoms with van der Waals surface area (Å²) in [6, 6.07) is 9.35. The summed E-state index contributed by atoms with van der Waals surface area (Å²) in [6.45, 7) is 0.294. The Hall–Kier alpha value is -3.80. The Bertz CT molecular complexity index is 981. The van der Waals surface area contributed by atoms with Crippen molar-refractivity contribution in [1.82, 2.24) is 9.99 Å². The smallest absolute Gasteiger partial charge is 0.271 e. The molecule has 1 aliphatic heterocycles. The highest BCUT2D eigenvalue weighted by Crippen LogP contribution is 2.14. The number of nitriles is 1. The lowest BCUT2D eigenvalue weighted by Crippen LogP contribution is -2.34. The van der Waals surface area contributed by atoms with Gasteiger partial charge in [-0.1, -0.05) is 0 Å². The molecule has 3 rings (SSSR count). The van der Waals surface area contributed by atoms with Crippen LogP contribution in [0.5, 0.6) is 0 Å². The first kappa shape index (κ1) is 19.0. The topological polar surface area (TPSA) is 110 Å². The monoisotopic (exact) mass is 380 g/mol. The van der Waals surface area contributed by atoms with E-state index in [1.165, 1.54) is 25.4 Å². The van der Waals surface area contributed by atoms with Crippen molar-refractivity contribution in [2.24, 2.45) is 5.10 Å². The van der Waals surface area contributed by atoms with Gasteiger partial charge in [0, 0.05) is 26.4 Å². The molecule has 2 N–H and O–H groups in total. The molecule has 0 saturated heterocycles. The fourth-order valence-corrected chi connectivity index (χ4v) is 2.62. The summed E-state index contributed by atoms with van der Waals surface area (Å²) >= 11 is 0. The fraction of sp³-hybridized carbons (Fsp3) is 0.211. The number of aromatic nitrogens is 1. The number of pyridine rings is 1. The third-order valence-electron chi connectivity index (χ3n) is 4.05. The molecular formula is C19H17FN6O2. The zero-order valence-corrected chi connectivity index (χ0v) is 15.1. The Labute approximate surface area is 160 Å². The van der Waals surface area contributed by atoms with Crippen LogP contribution < -0.4 is 10.6 Å². The minimum Gasteiger partial charge on any atom is -0.366 e. The number of hydrazone groups is 1. The van der Waals surface area contributed by atoms with Crippen LogP contribution in [0.4, 0.5) is 15.9 Å². The molecule has 0 fully saturated rings. The molecule has 2 amide bonds. The second-order valence-corrected chi connectivity index (χ2v) is 6.16. The van der Waals surface area contributed by atoms with E-state index in [4.69, 9.17) is 5.26 Å². The Balaban J connectivity index is 1.59. The van der Waals surface area contributed by atoms with Gasteiger partial charge in [-0.15, -0.1) is 0 Å². The number of carbonyl (C=O) groups is 2. The van der Waals surface area contributed by atoms with Crippen molar-refractivity contribution in [2.75, 3.05) is 17.7 Å². The first-order valence-corrected chi connectivity index (χ1v) is 8.49. The van der Waals surface area contributed by atoms with Gasteiger partial charge < -0.3 is 10.6 Å². The Morgan fingerprint density at radius 3 is 2.82 bits per heavy atom. The van der Waals surface area contributed by atoms with Gasteiger partial charge in [-0.2, -0.15) is 10.4 Å². The van der Waals surface area contributed by atoms with E-state index in [0.717, 1.165) is 5.01 Å². The van der Waals surface area contributed by atoms with Crippen LogP contribution in [0.15, 0.2) is 41.6 Å². The van der Waals surface area contributed by atoms with Gasteiger partial charge in [-0.05, 0) is 35.9 Å². The van der Waals surface area contributed by atoms with Gasteiger partial charge in [0.25, 0.3) is 5.91 Å². The number of nitrogens with one attached hydrogen (secondary N) is 2. The SMILES string of the molecule is CN1N=C(C(=O)Nc2ccc(NCc3cc(F)cc(C#N)c3)nc2)CCC1=O. The highest BCUT2D eigenvalue weighted by Gasteiger charge is 2.22. The second kappa shape index (κ2) is 8.26. The van der Waals surface area contributed by atoms with E-state index >= 15 is 0 Å². The molecule has 1 aromatic heterocycles. The predicted molar refractivity (Wildman–Crippen MR) is 101 cm³/mol. The van der Waals surface area contributed by atoms with Crippen molar-refractivity contribution in [3.63, 3.8) is 0 Å². The van der Waals surface area contributed by atoms with Gasteiger partial charge in [0.15, 0.2) is 0 Å². The van der Waals surface area contributed by atoms with Gasteiger partial charge in [0.1, 0.15) is 17.3 Å². The Kier molecular flexibility index (Phi) is 5.60. The van der Waals surface area contributed by atoms with E-state index in [1.54, 1.807) is 18.2 Å². The van der Waals surface area contributed by atoms with Crippen LogP contribution in [0, 0.1) is 17.1 Å². The van der Waals surface area contributed by atoms with Crippen LogP contribution in [-0.4, -0.2) is 34.6 Å². The van der Waals surface area contributed by atoms with Crippen LogP contribution in [-0.2, 0) is 16.1 Å². The molecule has 0 saturated carbocycles. The first-order valence-electron chi connectivity index (χ1n) is 8.49. The van der Waals surface area contributed by atoms with Crippen molar-refractivity contribution >= 4 is 29.0 Å². The fourth-order valence-electron chi connectivity index (χ4n) is 2.62. The zero-order chi connectivity index (χ0) is 20.1. The van der Waals surface area contributed by atoms with Crippen LogP contribution >= 0.6 is 0 Å². The lowest BCUT2D eigenvalue weighted by Gasteiger charge is -2.18. The number of amides is 2. The van der Waals surface area contributed by atoms with Gasteiger partial charge in [-0.25, -0.2) is 14.4 Å². The molecule has 28 heavy (non-hydrogen) atoms. The van der Waals surface area contributed by atoms with Crippen LogP contribution in [0.2, 0.25) is 0 Å². The van der Waals surface area contributed by atoms with Gasteiger partial charge in [0.2, 0.25) is 5.91 Å². The van der Waals surface area contributed by atoms with E-state index < -0.39 is 5.82 Å². The van der Waals surface area contributed by atoms with E-state index in [1.807, 2.05) is 6.07 Å². The van der Waals surface area contributed by atoms with Gasteiger partial charge in [0.05, 0.1) is 23.5 Å². The lowest BCUT2D eigenvalue weighted by molar-refractivity contribution is -0.130. The first-order chi connectivity index (χ1) is 13.4. The summed E-state index contributed by atoms with van der Waals surface area (Å²) in [5.74, 6) is -0.458. The van der Waals surface area contributed by atoms with Crippen molar-refractivity contribution in [3.8, 4) is 6.07 Å². The van der Waals surface area contributed by atoms with Crippen LogP contribution in [0.25, 0.3) is 0 Å². The molecule has 0 spiro atoms. The van der Waals surface area contributed by atoms with Crippen LogP contribution in [0.3, 0.4) is 0 Å². The highest BCUT2D eigenvalue weighted by molar-refractivity contribution is 6.43. The average Bonchev–Trinajstić information content (AvgIpc) is 2.69. The number of benzene rings is 1. The number of hydrogen-bond donors (Lipinski definition) is 2. The standard InChI is InChI=1S/C19H17FN6O2/c1-26-18(27)5-3-16(25-26)19(28)24-15-2-4-17(23-11-15)22-10-13-6-12(9-21)7-14(20)8-13/h2,4,6-8,11H,3,5,10H2,1H3,(H,22,23)(H,24,28).